The summed E-state index contributed by atoms with van der Waals surface area (Å²) in [6, 6.07) is 0. The monoisotopic (exact) mass is 354 g/mol. The van der Waals surface area contributed by atoms with E-state index in [2.05, 4.69) is 55.4 Å². The van der Waals surface area contributed by atoms with Crippen molar-refractivity contribution in [2.45, 2.75) is 139 Å². The van der Waals surface area contributed by atoms with Crippen molar-refractivity contribution in [2.75, 3.05) is 0 Å². The van der Waals surface area contributed by atoms with Crippen molar-refractivity contribution in [3.63, 3.8) is 0 Å². The van der Waals surface area contributed by atoms with Gasteiger partial charge in [0.05, 0.1) is 0 Å². The minimum atomic E-state index is 0.904. The fraction of sp³-hybridized carbons (Fsp3) is 1.00. The van der Waals surface area contributed by atoms with Crippen LogP contribution in [0.2, 0.25) is 0 Å². The second-order valence-corrected chi connectivity index (χ2v) is 8.44. The van der Waals surface area contributed by atoms with Gasteiger partial charge >= 0.3 is 0 Å². The minimum absolute atomic E-state index is 0.904. The van der Waals surface area contributed by atoms with Gasteiger partial charge in [-0.3, -0.25) is 0 Å². The topological polar surface area (TPSA) is 0 Å². The molecule has 0 aliphatic rings. The van der Waals surface area contributed by atoms with E-state index < -0.39 is 0 Å². The molecule has 154 valence electrons. The molecular weight excluding hydrogens is 300 g/mol. The molecule has 0 aliphatic carbocycles. The van der Waals surface area contributed by atoms with Gasteiger partial charge in [0.15, 0.2) is 0 Å². The Morgan fingerprint density at radius 1 is 0.520 bits per heavy atom. The first-order valence-electron chi connectivity index (χ1n) is 12.0. The molecule has 0 heteroatoms. The predicted molar refractivity (Wildman–Crippen MR) is 119 cm³/mol. The van der Waals surface area contributed by atoms with Crippen LogP contribution < -0.4 is 0 Å². The highest BCUT2D eigenvalue weighted by molar-refractivity contribution is 4.69. The summed E-state index contributed by atoms with van der Waals surface area (Å²) in [5.74, 6) is 3.80. The van der Waals surface area contributed by atoms with Crippen molar-refractivity contribution in [1.29, 1.82) is 0 Å². The zero-order valence-electron chi connectivity index (χ0n) is 19.5. The lowest BCUT2D eigenvalue weighted by Crippen LogP contribution is -2.18. The SMILES string of the molecule is CCCCC(CC)C(C)C(C)CC.CCCCCCCC(CC)CC. The van der Waals surface area contributed by atoms with Gasteiger partial charge in [-0.05, 0) is 23.7 Å². The average Bonchev–Trinajstić information content (AvgIpc) is 2.65. The number of hydrogen-bond donors (Lipinski definition) is 0. The maximum absolute atomic E-state index is 2.44. The summed E-state index contributed by atoms with van der Waals surface area (Å²) in [6.07, 6.45) is 18.3. The number of unbranched alkanes of at least 4 members (excludes halogenated alkanes) is 5. The third kappa shape index (κ3) is 15.9. The Hall–Kier alpha value is 0. The fourth-order valence-electron chi connectivity index (χ4n) is 3.88. The minimum Gasteiger partial charge on any atom is -0.0654 e. The summed E-state index contributed by atoms with van der Waals surface area (Å²) >= 11 is 0. The Kier molecular flexibility index (Phi) is 22.1. The van der Waals surface area contributed by atoms with Crippen LogP contribution in [0.3, 0.4) is 0 Å². The highest BCUT2D eigenvalue weighted by Gasteiger charge is 2.19. The molecule has 3 atom stereocenters. The van der Waals surface area contributed by atoms with E-state index in [1.54, 1.807) is 0 Å². The lowest BCUT2D eigenvalue weighted by atomic mass is 9.79. The molecule has 0 N–H and O–H groups in total. The van der Waals surface area contributed by atoms with E-state index in [-0.39, 0.29) is 0 Å². The number of rotatable bonds is 15. The van der Waals surface area contributed by atoms with Crippen LogP contribution in [0.15, 0.2) is 0 Å². The molecule has 0 spiro atoms. The standard InChI is InChI=1S/C13H28.C12H26/c1-6-9-10-13(8-3)12(5)11(4)7-2;1-4-7-8-9-10-11-12(5-2)6-3/h11-13H,6-10H2,1-5H3;12H,4-11H2,1-3H3. The Morgan fingerprint density at radius 3 is 1.52 bits per heavy atom. The summed E-state index contributed by atoms with van der Waals surface area (Å²) in [4.78, 5) is 0. The van der Waals surface area contributed by atoms with E-state index in [0.717, 1.165) is 23.7 Å². The lowest BCUT2D eigenvalue weighted by molar-refractivity contribution is 0.232. The van der Waals surface area contributed by atoms with Gasteiger partial charge in [0.25, 0.3) is 0 Å². The molecule has 0 saturated carbocycles. The fourth-order valence-corrected chi connectivity index (χ4v) is 3.88. The van der Waals surface area contributed by atoms with Crippen LogP contribution >= 0.6 is 0 Å². The van der Waals surface area contributed by atoms with E-state index in [1.807, 2.05) is 0 Å². The molecular formula is C25H54. The predicted octanol–water partition coefficient (Wildman–Crippen LogP) is 9.67. The summed E-state index contributed by atoms with van der Waals surface area (Å²) < 4.78 is 0. The first-order valence-corrected chi connectivity index (χ1v) is 12.0. The van der Waals surface area contributed by atoms with Crippen molar-refractivity contribution < 1.29 is 0 Å². The summed E-state index contributed by atoms with van der Waals surface area (Å²) in [5, 5.41) is 0. The van der Waals surface area contributed by atoms with Gasteiger partial charge in [-0.1, -0.05) is 139 Å². The molecule has 3 unspecified atom stereocenters. The molecule has 0 fully saturated rings. The lowest BCUT2D eigenvalue weighted by Gasteiger charge is -2.27. The molecule has 0 aromatic carbocycles. The first-order chi connectivity index (χ1) is 12.0. The Bertz CT molecular complexity index is 228. The van der Waals surface area contributed by atoms with Crippen LogP contribution in [-0.2, 0) is 0 Å². The van der Waals surface area contributed by atoms with Crippen LogP contribution in [0.5, 0.6) is 0 Å². The molecule has 0 radical (unpaired) electrons. The van der Waals surface area contributed by atoms with Crippen LogP contribution in [0.4, 0.5) is 0 Å². The molecule has 0 aliphatic heterocycles. The molecule has 0 saturated heterocycles. The Balaban J connectivity index is 0. The summed E-state index contributed by atoms with van der Waals surface area (Å²) in [7, 11) is 0. The van der Waals surface area contributed by atoms with Crippen molar-refractivity contribution in [3.8, 4) is 0 Å². The van der Waals surface area contributed by atoms with Crippen LogP contribution in [0.1, 0.15) is 139 Å². The van der Waals surface area contributed by atoms with Crippen LogP contribution in [0.25, 0.3) is 0 Å². The highest BCUT2D eigenvalue weighted by Crippen LogP contribution is 2.29. The van der Waals surface area contributed by atoms with Crippen molar-refractivity contribution in [1.82, 2.24) is 0 Å². The van der Waals surface area contributed by atoms with Gasteiger partial charge in [0, 0.05) is 0 Å². The van der Waals surface area contributed by atoms with Gasteiger partial charge in [-0.2, -0.15) is 0 Å². The van der Waals surface area contributed by atoms with E-state index in [9.17, 15) is 0 Å². The normalized spacial score (nSPS) is 14.8. The zero-order chi connectivity index (χ0) is 19.5. The molecule has 0 aromatic rings. The first kappa shape index (κ1) is 27.2. The molecule has 0 heterocycles. The average molecular weight is 355 g/mol. The van der Waals surface area contributed by atoms with Crippen molar-refractivity contribution in [2.24, 2.45) is 23.7 Å². The molecule has 0 nitrogen and oxygen atoms in total. The second-order valence-electron chi connectivity index (χ2n) is 8.44. The molecule has 0 bridgehead atoms. The molecule has 0 amide bonds. The largest absolute Gasteiger partial charge is 0.0654 e. The Morgan fingerprint density at radius 2 is 1.08 bits per heavy atom. The van der Waals surface area contributed by atoms with Gasteiger partial charge in [0.2, 0.25) is 0 Å². The summed E-state index contributed by atoms with van der Waals surface area (Å²) in [5.41, 5.74) is 0. The van der Waals surface area contributed by atoms with E-state index in [4.69, 9.17) is 0 Å². The van der Waals surface area contributed by atoms with E-state index >= 15 is 0 Å². The second kappa shape index (κ2) is 20.3. The van der Waals surface area contributed by atoms with Gasteiger partial charge in [-0.15, -0.1) is 0 Å². The van der Waals surface area contributed by atoms with Crippen LogP contribution in [-0.4, -0.2) is 0 Å². The third-order valence-electron chi connectivity index (χ3n) is 6.61. The maximum Gasteiger partial charge on any atom is -0.0389 e. The van der Waals surface area contributed by atoms with Gasteiger partial charge < -0.3 is 0 Å². The number of hydrogen-bond acceptors (Lipinski definition) is 0. The van der Waals surface area contributed by atoms with E-state index in [0.29, 0.717) is 0 Å². The molecule has 0 rings (SSSR count). The van der Waals surface area contributed by atoms with Gasteiger partial charge in [0.1, 0.15) is 0 Å². The Labute approximate surface area is 163 Å². The zero-order valence-corrected chi connectivity index (χ0v) is 19.5. The highest BCUT2D eigenvalue weighted by atomic mass is 14.2. The van der Waals surface area contributed by atoms with Crippen LogP contribution in [0, 0.1) is 23.7 Å². The third-order valence-corrected chi connectivity index (χ3v) is 6.61. The van der Waals surface area contributed by atoms with E-state index in [1.165, 1.54) is 83.5 Å². The summed E-state index contributed by atoms with van der Waals surface area (Å²) in [6.45, 7) is 18.7. The van der Waals surface area contributed by atoms with Gasteiger partial charge in [-0.25, -0.2) is 0 Å². The van der Waals surface area contributed by atoms with Crippen molar-refractivity contribution >= 4 is 0 Å². The molecule has 25 heavy (non-hydrogen) atoms. The maximum atomic E-state index is 2.44. The molecule has 0 aromatic heterocycles. The quantitative estimate of drug-likeness (QED) is 0.257. The smallest absolute Gasteiger partial charge is 0.0389 e. The van der Waals surface area contributed by atoms with Crippen molar-refractivity contribution in [3.05, 3.63) is 0 Å².